The molecule has 29 heavy (non-hydrogen) atoms. The number of pyridine rings is 1. The Balaban J connectivity index is 1.69. The van der Waals surface area contributed by atoms with Crippen LogP contribution in [0.25, 0.3) is 0 Å². The molecule has 1 aliphatic heterocycles. The third-order valence-electron chi connectivity index (χ3n) is 5.08. The summed E-state index contributed by atoms with van der Waals surface area (Å²) in [6.45, 7) is 2.45. The minimum absolute atomic E-state index is 0.127. The molecule has 1 aliphatic rings. The van der Waals surface area contributed by atoms with E-state index in [1.807, 2.05) is 13.0 Å². The van der Waals surface area contributed by atoms with Crippen LogP contribution in [0.4, 0.5) is 19.0 Å². The first-order chi connectivity index (χ1) is 13.8. The van der Waals surface area contributed by atoms with Crippen LogP contribution in [0.5, 0.6) is 0 Å². The second-order valence-corrected chi connectivity index (χ2v) is 7.12. The van der Waals surface area contributed by atoms with Gasteiger partial charge in [0.1, 0.15) is 5.82 Å². The van der Waals surface area contributed by atoms with Crippen molar-refractivity contribution in [1.82, 2.24) is 10.3 Å². The van der Waals surface area contributed by atoms with Gasteiger partial charge in [-0.05, 0) is 49.6 Å². The molecule has 1 fully saturated rings. The lowest BCUT2D eigenvalue weighted by Gasteiger charge is -2.34. The van der Waals surface area contributed by atoms with Gasteiger partial charge >= 0.3 is 6.18 Å². The quantitative estimate of drug-likeness (QED) is 0.837. The number of nitrogens with zero attached hydrogens (tertiary/aromatic N) is 3. The molecule has 2 unspecified atom stereocenters. The van der Waals surface area contributed by atoms with E-state index in [0.29, 0.717) is 24.9 Å². The number of benzene rings is 1. The van der Waals surface area contributed by atoms with Crippen molar-refractivity contribution in [3.05, 3.63) is 59.3 Å². The Bertz CT molecular complexity index is 905. The molecule has 152 valence electrons. The zero-order chi connectivity index (χ0) is 21.0. The van der Waals surface area contributed by atoms with Gasteiger partial charge in [0.15, 0.2) is 0 Å². The highest BCUT2D eigenvalue weighted by Crippen LogP contribution is 2.36. The summed E-state index contributed by atoms with van der Waals surface area (Å²) in [4.78, 5) is 18.2. The molecular formula is C21H21F3N4O. The molecule has 0 saturated carbocycles. The number of piperidine rings is 1. The monoisotopic (exact) mass is 402 g/mol. The molecular weight excluding hydrogens is 381 g/mol. The van der Waals surface area contributed by atoms with Crippen molar-refractivity contribution >= 4 is 11.7 Å². The zero-order valence-electron chi connectivity index (χ0n) is 15.9. The molecule has 0 spiro atoms. The summed E-state index contributed by atoms with van der Waals surface area (Å²) < 4.78 is 39.9. The summed E-state index contributed by atoms with van der Waals surface area (Å²) in [5.41, 5.74) is 0.604. The zero-order valence-corrected chi connectivity index (χ0v) is 15.9. The molecule has 8 heteroatoms. The number of nitrogens with one attached hydrogen (secondary N) is 1. The van der Waals surface area contributed by atoms with Crippen LogP contribution in [0.3, 0.4) is 0 Å². The maximum absolute atomic E-state index is 13.3. The van der Waals surface area contributed by atoms with E-state index in [2.05, 4.69) is 10.3 Å². The van der Waals surface area contributed by atoms with Crippen LogP contribution in [-0.2, 0) is 11.0 Å². The average Bonchev–Trinajstić information content (AvgIpc) is 2.73. The van der Waals surface area contributed by atoms with Crippen molar-refractivity contribution in [3.8, 4) is 6.07 Å². The van der Waals surface area contributed by atoms with Gasteiger partial charge < -0.3 is 10.2 Å². The van der Waals surface area contributed by atoms with E-state index < -0.39 is 17.7 Å². The molecule has 2 aromatic rings. The van der Waals surface area contributed by atoms with Crippen LogP contribution < -0.4 is 10.2 Å². The number of halogens is 3. The topological polar surface area (TPSA) is 69.0 Å². The molecule has 5 nitrogen and oxygen atoms in total. The van der Waals surface area contributed by atoms with Crippen LogP contribution in [0, 0.1) is 17.2 Å². The van der Waals surface area contributed by atoms with Crippen LogP contribution in [0.15, 0.2) is 42.6 Å². The standard InChI is InChI=1S/C21H21F3N4O/c1-14(16-8-6-15(12-25)7-9-16)27-20(29)17-4-3-11-28(13-17)19-18(21(22,23)24)5-2-10-26-19/h2,5-10,14,17H,3-4,11,13H2,1H3,(H,27,29). The first-order valence-corrected chi connectivity index (χ1v) is 9.37. The molecule has 1 aromatic heterocycles. The minimum atomic E-state index is -4.50. The lowest BCUT2D eigenvalue weighted by atomic mass is 9.96. The van der Waals surface area contributed by atoms with Crippen molar-refractivity contribution in [2.24, 2.45) is 5.92 Å². The summed E-state index contributed by atoms with van der Waals surface area (Å²) in [6, 6.07) is 11.0. The largest absolute Gasteiger partial charge is 0.419 e. The number of carbonyl (C=O) groups is 1. The Morgan fingerprint density at radius 1 is 1.31 bits per heavy atom. The highest BCUT2D eigenvalue weighted by Gasteiger charge is 2.37. The van der Waals surface area contributed by atoms with E-state index in [1.165, 1.54) is 12.3 Å². The Hall–Kier alpha value is -3.08. The van der Waals surface area contributed by atoms with E-state index in [1.54, 1.807) is 29.2 Å². The molecule has 1 N–H and O–H groups in total. The van der Waals surface area contributed by atoms with Crippen molar-refractivity contribution in [2.75, 3.05) is 18.0 Å². The Morgan fingerprint density at radius 2 is 2.03 bits per heavy atom. The number of aromatic nitrogens is 1. The molecule has 1 saturated heterocycles. The second kappa shape index (κ2) is 8.52. The molecule has 2 heterocycles. The number of hydrogen-bond acceptors (Lipinski definition) is 4. The van der Waals surface area contributed by atoms with Crippen LogP contribution in [0.1, 0.15) is 42.5 Å². The molecule has 0 bridgehead atoms. The van der Waals surface area contributed by atoms with Gasteiger partial charge in [-0.2, -0.15) is 18.4 Å². The summed E-state index contributed by atoms with van der Waals surface area (Å²) in [6.07, 6.45) is -1.95. The predicted molar refractivity (Wildman–Crippen MR) is 102 cm³/mol. The van der Waals surface area contributed by atoms with Crippen molar-refractivity contribution in [3.63, 3.8) is 0 Å². The van der Waals surface area contributed by atoms with Gasteiger partial charge in [-0.25, -0.2) is 4.98 Å². The molecule has 1 amide bonds. The number of anilines is 1. The van der Waals surface area contributed by atoms with Gasteiger partial charge in [0.25, 0.3) is 0 Å². The maximum atomic E-state index is 13.3. The third-order valence-corrected chi connectivity index (χ3v) is 5.08. The molecule has 0 aliphatic carbocycles. The highest BCUT2D eigenvalue weighted by molar-refractivity contribution is 5.80. The number of rotatable bonds is 4. The van der Waals surface area contributed by atoms with Crippen LogP contribution in [-0.4, -0.2) is 24.0 Å². The number of carbonyl (C=O) groups excluding carboxylic acids is 1. The first kappa shape index (κ1) is 20.6. The number of alkyl halides is 3. The summed E-state index contributed by atoms with van der Waals surface area (Å²) in [5, 5.41) is 11.8. The minimum Gasteiger partial charge on any atom is -0.355 e. The van der Waals surface area contributed by atoms with Crippen molar-refractivity contribution in [2.45, 2.75) is 32.0 Å². The third kappa shape index (κ3) is 4.86. The van der Waals surface area contributed by atoms with Gasteiger partial charge in [-0.3, -0.25) is 4.79 Å². The lowest BCUT2D eigenvalue weighted by molar-refractivity contribution is -0.137. The van der Waals surface area contributed by atoms with Crippen molar-refractivity contribution in [1.29, 1.82) is 5.26 Å². The normalized spacial score (nSPS) is 18.0. The van der Waals surface area contributed by atoms with E-state index >= 15 is 0 Å². The fourth-order valence-electron chi connectivity index (χ4n) is 3.51. The van der Waals surface area contributed by atoms with Gasteiger partial charge in [-0.15, -0.1) is 0 Å². The average molecular weight is 402 g/mol. The van der Waals surface area contributed by atoms with E-state index in [9.17, 15) is 18.0 Å². The van der Waals surface area contributed by atoms with Crippen LogP contribution in [0.2, 0.25) is 0 Å². The SMILES string of the molecule is CC(NC(=O)C1CCCN(c2ncccc2C(F)(F)F)C1)c1ccc(C#N)cc1. The molecule has 3 rings (SSSR count). The Labute approximate surface area is 167 Å². The van der Waals surface area contributed by atoms with Gasteiger partial charge in [0, 0.05) is 19.3 Å². The smallest absolute Gasteiger partial charge is 0.355 e. The highest BCUT2D eigenvalue weighted by atomic mass is 19.4. The number of amides is 1. The van der Waals surface area contributed by atoms with E-state index in [0.717, 1.165) is 11.6 Å². The second-order valence-electron chi connectivity index (χ2n) is 7.12. The number of nitriles is 1. The lowest BCUT2D eigenvalue weighted by Crippen LogP contribution is -2.44. The Morgan fingerprint density at radius 3 is 2.69 bits per heavy atom. The summed E-state index contributed by atoms with van der Waals surface area (Å²) in [7, 11) is 0. The van der Waals surface area contributed by atoms with E-state index in [-0.39, 0.29) is 24.3 Å². The van der Waals surface area contributed by atoms with Gasteiger partial charge in [-0.1, -0.05) is 12.1 Å². The fraction of sp³-hybridized carbons (Fsp3) is 0.381. The van der Waals surface area contributed by atoms with Gasteiger partial charge in [0.05, 0.1) is 29.2 Å². The molecule has 0 radical (unpaired) electrons. The number of hydrogen-bond donors (Lipinski definition) is 1. The molecule has 1 aromatic carbocycles. The summed E-state index contributed by atoms with van der Waals surface area (Å²) >= 11 is 0. The fourth-order valence-corrected chi connectivity index (χ4v) is 3.51. The first-order valence-electron chi connectivity index (χ1n) is 9.37. The maximum Gasteiger partial charge on any atom is 0.419 e. The Kier molecular flexibility index (Phi) is 6.06. The summed E-state index contributed by atoms with van der Waals surface area (Å²) in [5.74, 6) is -0.749. The van der Waals surface area contributed by atoms with E-state index in [4.69, 9.17) is 5.26 Å². The van der Waals surface area contributed by atoms with Crippen LogP contribution >= 0.6 is 0 Å². The molecule has 2 atom stereocenters. The predicted octanol–water partition coefficient (Wildman–Crippen LogP) is 4.07. The van der Waals surface area contributed by atoms with Crippen molar-refractivity contribution < 1.29 is 18.0 Å². The van der Waals surface area contributed by atoms with Gasteiger partial charge in [0.2, 0.25) is 5.91 Å².